The first kappa shape index (κ1) is 24.4. The lowest BCUT2D eigenvalue weighted by atomic mass is 10.0. The van der Waals surface area contributed by atoms with Gasteiger partial charge in [0.2, 0.25) is 5.91 Å². The molecule has 2 aliphatic heterocycles. The summed E-state index contributed by atoms with van der Waals surface area (Å²) in [5, 5.41) is 13.0. The van der Waals surface area contributed by atoms with Crippen LogP contribution in [0.25, 0.3) is 0 Å². The van der Waals surface area contributed by atoms with Crippen molar-refractivity contribution < 1.29 is 4.79 Å². The average Bonchev–Trinajstić information content (AvgIpc) is 2.85. The minimum atomic E-state index is 0.00719. The first-order chi connectivity index (χ1) is 16.4. The van der Waals surface area contributed by atoms with Crippen LogP contribution in [0.15, 0.2) is 42.5 Å². The Balaban J connectivity index is 1.20. The van der Waals surface area contributed by atoms with Crippen molar-refractivity contribution in [3.8, 4) is 6.07 Å². The number of piperidine rings is 1. The summed E-state index contributed by atoms with van der Waals surface area (Å²) in [6.07, 6.45) is 1.82. The summed E-state index contributed by atoms with van der Waals surface area (Å²) in [5.74, 6) is 0.272. The molecular weight excluding hydrogens is 446 g/mol. The van der Waals surface area contributed by atoms with E-state index < -0.39 is 0 Å². The standard InChI is InChI=1S/C27H34ClN5O/c1-20-3-7-25(8-4-20)32-15-13-31(14-16-32)19-21(2)27(34)33-11-9-23(10-12-33)30-24-6-5-22(18-29)26(28)17-24/h3-8,17,21,23,30H,9-16,19H2,1-2H3. The van der Waals surface area contributed by atoms with E-state index in [1.54, 1.807) is 12.1 Å². The van der Waals surface area contributed by atoms with Crippen molar-refractivity contribution in [2.75, 3.05) is 56.0 Å². The monoisotopic (exact) mass is 479 g/mol. The molecule has 2 aromatic carbocycles. The summed E-state index contributed by atoms with van der Waals surface area (Å²) >= 11 is 6.15. The van der Waals surface area contributed by atoms with Gasteiger partial charge in [-0.1, -0.05) is 36.2 Å². The second-order valence-corrected chi connectivity index (χ2v) is 9.98. The number of benzene rings is 2. The summed E-state index contributed by atoms with van der Waals surface area (Å²) in [7, 11) is 0. The molecule has 2 saturated heterocycles. The third-order valence-corrected chi connectivity index (χ3v) is 7.30. The SMILES string of the molecule is Cc1ccc(N2CCN(CC(C)C(=O)N3CCC(Nc4ccc(C#N)c(Cl)c4)CC3)CC2)cc1. The molecule has 2 fully saturated rings. The predicted octanol–water partition coefficient (Wildman–Crippen LogP) is 4.38. The summed E-state index contributed by atoms with van der Waals surface area (Å²) in [6.45, 7) is 10.5. The third kappa shape index (κ3) is 6.02. The van der Waals surface area contributed by atoms with Gasteiger partial charge in [-0.15, -0.1) is 0 Å². The third-order valence-electron chi connectivity index (χ3n) is 6.99. The van der Waals surface area contributed by atoms with Crippen molar-refractivity contribution >= 4 is 28.9 Å². The minimum absolute atomic E-state index is 0.00719. The van der Waals surface area contributed by atoms with Gasteiger partial charge < -0.3 is 15.1 Å². The van der Waals surface area contributed by atoms with Crippen molar-refractivity contribution in [2.45, 2.75) is 32.7 Å². The van der Waals surface area contributed by atoms with Crippen LogP contribution in [0.5, 0.6) is 0 Å². The lowest BCUT2D eigenvalue weighted by Gasteiger charge is -2.38. The minimum Gasteiger partial charge on any atom is -0.382 e. The summed E-state index contributed by atoms with van der Waals surface area (Å²) in [5.41, 5.74) is 3.98. The number of carbonyl (C=O) groups is 1. The predicted molar refractivity (Wildman–Crippen MR) is 138 cm³/mol. The fourth-order valence-electron chi connectivity index (χ4n) is 4.90. The van der Waals surface area contributed by atoms with Crippen LogP contribution in [0.3, 0.4) is 0 Å². The average molecular weight is 480 g/mol. The second-order valence-electron chi connectivity index (χ2n) is 9.57. The Bertz CT molecular complexity index is 1020. The van der Waals surface area contributed by atoms with E-state index in [0.717, 1.165) is 64.3 Å². The Hall–Kier alpha value is -2.75. The number of amides is 1. The van der Waals surface area contributed by atoms with E-state index >= 15 is 0 Å². The van der Waals surface area contributed by atoms with Crippen LogP contribution < -0.4 is 10.2 Å². The topological polar surface area (TPSA) is 62.6 Å². The molecule has 6 nitrogen and oxygen atoms in total. The van der Waals surface area contributed by atoms with E-state index in [2.05, 4.69) is 59.3 Å². The van der Waals surface area contributed by atoms with Gasteiger partial charge in [-0.05, 0) is 50.1 Å². The van der Waals surface area contributed by atoms with Crippen molar-refractivity contribution in [3.63, 3.8) is 0 Å². The first-order valence-corrected chi connectivity index (χ1v) is 12.6. The fourth-order valence-corrected chi connectivity index (χ4v) is 5.12. The van der Waals surface area contributed by atoms with Crippen LogP contribution in [0.1, 0.15) is 30.9 Å². The number of nitrogens with one attached hydrogen (secondary N) is 1. The van der Waals surface area contributed by atoms with Crippen LogP contribution >= 0.6 is 11.6 Å². The molecule has 1 atom stereocenters. The van der Waals surface area contributed by atoms with Crippen molar-refractivity contribution in [2.24, 2.45) is 5.92 Å². The zero-order chi connectivity index (χ0) is 24.1. The Morgan fingerprint density at radius 1 is 1.09 bits per heavy atom. The summed E-state index contributed by atoms with van der Waals surface area (Å²) in [4.78, 5) is 20.0. The number of hydrogen-bond acceptors (Lipinski definition) is 5. The Kier molecular flexibility index (Phi) is 7.97. The van der Waals surface area contributed by atoms with E-state index in [4.69, 9.17) is 16.9 Å². The number of nitrogens with zero attached hydrogens (tertiary/aromatic N) is 4. The zero-order valence-corrected chi connectivity index (χ0v) is 20.9. The molecular formula is C27H34ClN5O. The summed E-state index contributed by atoms with van der Waals surface area (Å²) in [6, 6.07) is 16.6. The Morgan fingerprint density at radius 3 is 2.38 bits per heavy atom. The summed E-state index contributed by atoms with van der Waals surface area (Å²) < 4.78 is 0. The molecule has 0 bridgehead atoms. The number of hydrogen-bond donors (Lipinski definition) is 1. The van der Waals surface area contributed by atoms with E-state index in [9.17, 15) is 4.79 Å². The van der Waals surface area contributed by atoms with Crippen LogP contribution in [0.2, 0.25) is 5.02 Å². The van der Waals surface area contributed by atoms with Gasteiger partial charge in [-0.2, -0.15) is 5.26 Å². The van der Waals surface area contributed by atoms with Gasteiger partial charge in [0.1, 0.15) is 6.07 Å². The van der Waals surface area contributed by atoms with E-state index in [1.165, 1.54) is 11.3 Å². The molecule has 2 aromatic rings. The Labute approximate surface area is 208 Å². The van der Waals surface area contributed by atoms with Crippen LogP contribution in [0, 0.1) is 24.2 Å². The molecule has 0 spiro atoms. The maximum Gasteiger partial charge on any atom is 0.226 e. The fraction of sp³-hybridized carbons (Fsp3) is 0.481. The lowest BCUT2D eigenvalue weighted by Crippen LogP contribution is -2.50. The van der Waals surface area contributed by atoms with E-state index in [-0.39, 0.29) is 11.8 Å². The van der Waals surface area contributed by atoms with Gasteiger partial charge in [-0.3, -0.25) is 9.69 Å². The van der Waals surface area contributed by atoms with E-state index in [1.807, 2.05) is 11.0 Å². The molecule has 7 heteroatoms. The molecule has 180 valence electrons. The molecule has 4 rings (SSSR count). The van der Waals surface area contributed by atoms with Crippen molar-refractivity contribution in [1.82, 2.24) is 9.80 Å². The molecule has 1 unspecified atom stereocenters. The number of halogens is 1. The number of likely N-dealkylation sites (tertiary alicyclic amines) is 1. The normalized spacial score (nSPS) is 18.4. The lowest BCUT2D eigenvalue weighted by molar-refractivity contribution is -0.136. The highest BCUT2D eigenvalue weighted by molar-refractivity contribution is 6.32. The van der Waals surface area contributed by atoms with Crippen LogP contribution in [0.4, 0.5) is 11.4 Å². The van der Waals surface area contributed by atoms with Crippen LogP contribution in [-0.2, 0) is 4.79 Å². The van der Waals surface area contributed by atoms with Crippen molar-refractivity contribution in [1.29, 1.82) is 5.26 Å². The van der Waals surface area contributed by atoms with Gasteiger partial charge in [0.25, 0.3) is 0 Å². The molecule has 1 amide bonds. The number of anilines is 2. The maximum absolute atomic E-state index is 13.1. The molecule has 2 aliphatic rings. The molecule has 0 aromatic heterocycles. The molecule has 2 heterocycles. The van der Waals surface area contributed by atoms with Gasteiger partial charge in [0.15, 0.2) is 0 Å². The highest BCUT2D eigenvalue weighted by Crippen LogP contribution is 2.24. The zero-order valence-electron chi connectivity index (χ0n) is 20.1. The first-order valence-electron chi connectivity index (χ1n) is 12.2. The number of piperazine rings is 1. The maximum atomic E-state index is 13.1. The molecule has 1 N–H and O–H groups in total. The highest BCUT2D eigenvalue weighted by Gasteiger charge is 2.28. The smallest absolute Gasteiger partial charge is 0.226 e. The van der Waals surface area contributed by atoms with Crippen LogP contribution in [-0.4, -0.2) is 67.6 Å². The second kappa shape index (κ2) is 11.1. The molecule has 0 radical (unpaired) electrons. The molecule has 0 aliphatic carbocycles. The Morgan fingerprint density at radius 2 is 1.76 bits per heavy atom. The quantitative estimate of drug-likeness (QED) is 0.666. The number of rotatable bonds is 6. The van der Waals surface area contributed by atoms with Gasteiger partial charge in [0, 0.05) is 69.1 Å². The number of aryl methyl sites for hydroxylation is 1. The molecule has 34 heavy (non-hydrogen) atoms. The molecule has 0 saturated carbocycles. The number of carbonyl (C=O) groups excluding carboxylic acids is 1. The van der Waals surface area contributed by atoms with Crippen molar-refractivity contribution in [3.05, 3.63) is 58.6 Å². The number of nitriles is 1. The van der Waals surface area contributed by atoms with E-state index in [0.29, 0.717) is 16.6 Å². The highest BCUT2D eigenvalue weighted by atomic mass is 35.5. The largest absolute Gasteiger partial charge is 0.382 e. The van der Waals surface area contributed by atoms with Gasteiger partial charge >= 0.3 is 0 Å². The van der Waals surface area contributed by atoms with Gasteiger partial charge in [-0.25, -0.2) is 0 Å². The van der Waals surface area contributed by atoms with Gasteiger partial charge in [0.05, 0.1) is 10.6 Å².